The number of hydrogen-bond donors (Lipinski definition) is 0. The summed E-state index contributed by atoms with van der Waals surface area (Å²) in [7, 11) is 0. The highest BCUT2D eigenvalue weighted by Gasteiger charge is 2.16. The van der Waals surface area contributed by atoms with Crippen molar-refractivity contribution in [3.8, 4) is 11.6 Å². The van der Waals surface area contributed by atoms with Crippen molar-refractivity contribution in [2.75, 3.05) is 13.1 Å². The molecule has 2 aromatic heterocycles. The Morgan fingerprint density at radius 3 is 2.78 bits per heavy atom. The minimum Gasteiger partial charge on any atom is -0.418 e. The summed E-state index contributed by atoms with van der Waals surface area (Å²) in [5, 5.41) is 8.11. The van der Waals surface area contributed by atoms with Gasteiger partial charge in [-0.15, -0.1) is 10.2 Å². The van der Waals surface area contributed by atoms with Crippen LogP contribution in [0.15, 0.2) is 27.2 Å². The summed E-state index contributed by atoms with van der Waals surface area (Å²) in [6.07, 6.45) is 4.24. The molecule has 3 heterocycles. The molecule has 0 aromatic carbocycles. The fraction of sp³-hybridized carbons (Fsp3) is 0.417. The number of pyridine rings is 1. The summed E-state index contributed by atoms with van der Waals surface area (Å²) < 4.78 is 6.56. The summed E-state index contributed by atoms with van der Waals surface area (Å²) in [6, 6.07) is 3.77. The van der Waals surface area contributed by atoms with Crippen LogP contribution in [-0.2, 0) is 6.54 Å². The van der Waals surface area contributed by atoms with Gasteiger partial charge in [0, 0.05) is 10.7 Å². The van der Waals surface area contributed by atoms with Gasteiger partial charge in [-0.05, 0) is 54.0 Å². The maximum Gasteiger partial charge on any atom is 0.266 e. The van der Waals surface area contributed by atoms with Crippen molar-refractivity contribution >= 4 is 15.9 Å². The number of hydrogen-bond acceptors (Lipinski definition) is 5. The van der Waals surface area contributed by atoms with Crippen LogP contribution in [0, 0.1) is 0 Å². The second kappa shape index (κ2) is 5.16. The molecule has 1 fully saturated rings. The van der Waals surface area contributed by atoms with Gasteiger partial charge in [0.05, 0.1) is 6.54 Å². The Morgan fingerprint density at radius 2 is 2.06 bits per heavy atom. The largest absolute Gasteiger partial charge is 0.418 e. The maximum absolute atomic E-state index is 5.63. The Bertz CT molecular complexity index is 519. The average Bonchev–Trinajstić information content (AvgIpc) is 3.02. The van der Waals surface area contributed by atoms with Crippen molar-refractivity contribution in [3.63, 3.8) is 0 Å². The third-order valence-corrected chi connectivity index (χ3v) is 3.44. The van der Waals surface area contributed by atoms with Crippen molar-refractivity contribution in [1.82, 2.24) is 20.1 Å². The molecular weight excluding hydrogens is 296 g/mol. The van der Waals surface area contributed by atoms with Crippen LogP contribution in [0.3, 0.4) is 0 Å². The Balaban J connectivity index is 1.74. The van der Waals surface area contributed by atoms with E-state index in [4.69, 9.17) is 4.42 Å². The zero-order chi connectivity index (χ0) is 12.4. The third-order valence-electron chi connectivity index (χ3n) is 2.97. The van der Waals surface area contributed by atoms with Crippen molar-refractivity contribution < 1.29 is 4.42 Å². The Hall–Kier alpha value is -1.27. The average molecular weight is 309 g/mol. The fourth-order valence-electron chi connectivity index (χ4n) is 2.06. The monoisotopic (exact) mass is 308 g/mol. The number of aromatic nitrogens is 3. The summed E-state index contributed by atoms with van der Waals surface area (Å²) in [5.41, 5.74) is 0.707. The highest BCUT2D eigenvalue weighted by Crippen LogP contribution is 2.19. The van der Waals surface area contributed by atoms with Gasteiger partial charge in [-0.2, -0.15) is 0 Å². The second-order valence-corrected chi connectivity index (χ2v) is 5.26. The van der Waals surface area contributed by atoms with Crippen molar-refractivity contribution in [2.24, 2.45) is 0 Å². The predicted molar refractivity (Wildman–Crippen MR) is 69.7 cm³/mol. The summed E-state index contributed by atoms with van der Waals surface area (Å²) in [6.45, 7) is 2.98. The third kappa shape index (κ3) is 2.59. The molecule has 0 spiro atoms. The van der Waals surface area contributed by atoms with Gasteiger partial charge in [0.1, 0.15) is 5.69 Å². The molecule has 0 saturated carbocycles. The highest BCUT2D eigenvalue weighted by atomic mass is 79.9. The van der Waals surface area contributed by atoms with Crippen LogP contribution in [0.5, 0.6) is 0 Å². The zero-order valence-corrected chi connectivity index (χ0v) is 11.4. The Kier molecular flexibility index (Phi) is 3.38. The van der Waals surface area contributed by atoms with E-state index in [1.807, 2.05) is 12.1 Å². The Morgan fingerprint density at radius 1 is 1.22 bits per heavy atom. The molecule has 2 aromatic rings. The lowest BCUT2D eigenvalue weighted by Crippen LogP contribution is -2.18. The summed E-state index contributed by atoms with van der Waals surface area (Å²) in [5.74, 6) is 1.15. The molecule has 1 aliphatic rings. The van der Waals surface area contributed by atoms with E-state index < -0.39 is 0 Å². The first-order valence-corrected chi connectivity index (χ1v) is 6.77. The van der Waals surface area contributed by atoms with Gasteiger partial charge in [0.25, 0.3) is 5.89 Å². The van der Waals surface area contributed by atoms with Gasteiger partial charge in [-0.3, -0.25) is 4.90 Å². The smallest absolute Gasteiger partial charge is 0.266 e. The van der Waals surface area contributed by atoms with E-state index in [0.717, 1.165) is 24.1 Å². The predicted octanol–water partition coefficient (Wildman–Crippen LogP) is 2.49. The topological polar surface area (TPSA) is 55.1 Å². The van der Waals surface area contributed by atoms with Crippen LogP contribution in [0.25, 0.3) is 11.6 Å². The highest BCUT2D eigenvalue weighted by molar-refractivity contribution is 9.10. The van der Waals surface area contributed by atoms with Gasteiger partial charge in [-0.1, -0.05) is 0 Å². The molecule has 0 unspecified atom stereocenters. The molecule has 1 saturated heterocycles. The molecule has 0 radical (unpaired) electrons. The maximum atomic E-state index is 5.63. The van der Waals surface area contributed by atoms with Crippen LogP contribution in [-0.4, -0.2) is 33.2 Å². The summed E-state index contributed by atoms with van der Waals surface area (Å²) >= 11 is 3.35. The van der Waals surface area contributed by atoms with E-state index in [9.17, 15) is 0 Å². The van der Waals surface area contributed by atoms with Crippen molar-refractivity contribution in [3.05, 3.63) is 28.7 Å². The van der Waals surface area contributed by atoms with E-state index in [2.05, 4.69) is 36.0 Å². The number of halogens is 1. The van der Waals surface area contributed by atoms with Gasteiger partial charge >= 0.3 is 0 Å². The molecular formula is C12H13BrN4O. The molecule has 0 amide bonds. The van der Waals surface area contributed by atoms with E-state index >= 15 is 0 Å². The lowest BCUT2D eigenvalue weighted by Gasteiger charge is -2.10. The second-order valence-electron chi connectivity index (χ2n) is 4.35. The molecule has 0 bridgehead atoms. The van der Waals surface area contributed by atoms with Crippen LogP contribution in [0.1, 0.15) is 18.7 Å². The van der Waals surface area contributed by atoms with Crippen molar-refractivity contribution in [2.45, 2.75) is 19.4 Å². The van der Waals surface area contributed by atoms with Crippen LogP contribution in [0.2, 0.25) is 0 Å². The summed E-state index contributed by atoms with van der Waals surface area (Å²) in [4.78, 5) is 6.56. The molecule has 0 N–H and O–H groups in total. The molecule has 3 rings (SSSR count). The quantitative estimate of drug-likeness (QED) is 0.872. The fourth-order valence-corrected chi connectivity index (χ4v) is 2.29. The SMILES string of the molecule is Brc1ccc(-c2nnc(CN3CCCC3)o2)nc1. The van der Waals surface area contributed by atoms with E-state index in [1.54, 1.807) is 6.20 Å². The lowest BCUT2D eigenvalue weighted by atomic mass is 10.3. The van der Waals surface area contributed by atoms with E-state index in [0.29, 0.717) is 17.5 Å². The number of rotatable bonds is 3. The van der Waals surface area contributed by atoms with Gasteiger partial charge < -0.3 is 4.42 Å². The molecule has 0 aliphatic carbocycles. The molecule has 94 valence electrons. The van der Waals surface area contributed by atoms with Crippen LogP contribution < -0.4 is 0 Å². The molecule has 1 aliphatic heterocycles. The molecule has 6 heteroatoms. The van der Waals surface area contributed by atoms with Crippen LogP contribution >= 0.6 is 15.9 Å². The molecule has 18 heavy (non-hydrogen) atoms. The van der Waals surface area contributed by atoms with E-state index in [1.165, 1.54) is 12.8 Å². The van der Waals surface area contributed by atoms with Gasteiger partial charge in [0.15, 0.2) is 0 Å². The molecule has 5 nitrogen and oxygen atoms in total. The normalized spacial score (nSPS) is 16.3. The number of likely N-dealkylation sites (tertiary alicyclic amines) is 1. The standard InChI is InChI=1S/C12H13BrN4O/c13-9-3-4-10(14-7-9)12-16-15-11(18-12)8-17-5-1-2-6-17/h3-4,7H,1-2,5-6,8H2. The van der Waals surface area contributed by atoms with Crippen LogP contribution in [0.4, 0.5) is 0 Å². The first kappa shape index (κ1) is 11.8. The first-order chi connectivity index (χ1) is 8.81. The Labute approximate surface area is 113 Å². The van der Waals surface area contributed by atoms with E-state index in [-0.39, 0.29) is 0 Å². The minimum atomic E-state index is 0.483. The molecule has 0 atom stereocenters. The first-order valence-electron chi connectivity index (χ1n) is 5.98. The minimum absolute atomic E-state index is 0.483. The van der Waals surface area contributed by atoms with Gasteiger partial charge in [0.2, 0.25) is 5.89 Å². The lowest BCUT2D eigenvalue weighted by molar-refractivity contribution is 0.292. The van der Waals surface area contributed by atoms with Gasteiger partial charge in [-0.25, -0.2) is 4.98 Å². The zero-order valence-electron chi connectivity index (χ0n) is 9.84. The van der Waals surface area contributed by atoms with Crippen molar-refractivity contribution in [1.29, 1.82) is 0 Å². The number of nitrogens with zero attached hydrogens (tertiary/aromatic N) is 4.